The highest BCUT2D eigenvalue weighted by molar-refractivity contribution is 5.28. The van der Waals surface area contributed by atoms with Gasteiger partial charge in [0, 0.05) is 6.54 Å². The molecule has 2 fully saturated rings. The lowest BCUT2D eigenvalue weighted by Gasteiger charge is -2.25. The van der Waals surface area contributed by atoms with Crippen molar-refractivity contribution < 1.29 is 0 Å². The van der Waals surface area contributed by atoms with Gasteiger partial charge in [-0.1, -0.05) is 24.3 Å². The lowest BCUT2D eigenvalue weighted by molar-refractivity contribution is 0.456. The molecule has 1 aromatic carbocycles. The van der Waals surface area contributed by atoms with Crippen LogP contribution in [0, 0.1) is 0 Å². The summed E-state index contributed by atoms with van der Waals surface area (Å²) in [6.45, 7) is 4.72. The third kappa shape index (κ3) is 2.76. The van der Waals surface area contributed by atoms with Gasteiger partial charge in [-0.2, -0.15) is 0 Å². The van der Waals surface area contributed by atoms with Gasteiger partial charge in [0.1, 0.15) is 0 Å². The predicted octanol–water partition coefficient (Wildman–Crippen LogP) is 2.62. The summed E-state index contributed by atoms with van der Waals surface area (Å²) in [5, 5.41) is 6.94. The summed E-state index contributed by atoms with van der Waals surface area (Å²) < 4.78 is 0. The van der Waals surface area contributed by atoms with Crippen molar-refractivity contribution in [1.82, 2.24) is 10.6 Å². The van der Waals surface area contributed by atoms with Crippen LogP contribution in [0.3, 0.4) is 0 Å². The topological polar surface area (TPSA) is 24.1 Å². The van der Waals surface area contributed by atoms with Crippen LogP contribution in [0.1, 0.15) is 48.6 Å². The van der Waals surface area contributed by atoms with E-state index in [9.17, 15) is 0 Å². The predicted molar refractivity (Wildman–Crippen MR) is 76.1 cm³/mol. The van der Waals surface area contributed by atoms with Gasteiger partial charge < -0.3 is 10.6 Å². The Hall–Kier alpha value is -0.860. The minimum Gasteiger partial charge on any atom is -0.317 e. The van der Waals surface area contributed by atoms with Crippen LogP contribution in [0.15, 0.2) is 24.3 Å². The first kappa shape index (κ1) is 12.2. The molecule has 0 spiro atoms. The molecule has 0 radical (unpaired) electrons. The van der Waals surface area contributed by atoms with Crippen molar-refractivity contribution in [3.8, 4) is 0 Å². The molecule has 0 bridgehead atoms. The van der Waals surface area contributed by atoms with Crippen molar-refractivity contribution in [2.24, 2.45) is 0 Å². The minimum absolute atomic E-state index is 0.737. The van der Waals surface area contributed by atoms with Gasteiger partial charge in [0.15, 0.2) is 0 Å². The maximum atomic E-state index is 3.50. The number of benzene rings is 1. The molecule has 2 N–H and O–H groups in total. The molecule has 2 aliphatic rings. The van der Waals surface area contributed by atoms with Crippen LogP contribution >= 0.6 is 0 Å². The molecule has 0 aromatic heterocycles. The van der Waals surface area contributed by atoms with Crippen LogP contribution in [0.5, 0.6) is 0 Å². The first-order valence-electron chi connectivity index (χ1n) is 7.45. The van der Waals surface area contributed by atoms with Crippen molar-refractivity contribution in [3.63, 3.8) is 0 Å². The number of rotatable bonds is 2. The fourth-order valence-corrected chi connectivity index (χ4v) is 3.33. The van der Waals surface area contributed by atoms with Crippen LogP contribution in [0.2, 0.25) is 0 Å². The van der Waals surface area contributed by atoms with Crippen LogP contribution in [-0.2, 0) is 0 Å². The molecule has 0 aliphatic carbocycles. The van der Waals surface area contributed by atoms with E-state index in [2.05, 4.69) is 34.9 Å². The Morgan fingerprint density at radius 3 is 2.00 bits per heavy atom. The molecule has 1 atom stereocenters. The molecule has 0 amide bonds. The quantitative estimate of drug-likeness (QED) is 0.835. The van der Waals surface area contributed by atoms with Gasteiger partial charge in [0.2, 0.25) is 0 Å². The third-order valence-corrected chi connectivity index (χ3v) is 4.52. The second-order valence-corrected chi connectivity index (χ2v) is 5.73. The third-order valence-electron chi connectivity index (χ3n) is 4.52. The standard InChI is InChI=1S/C16H24N2/c1-2-16(12-18-9-1)14-5-3-13(4-6-14)15-7-10-17-11-8-15/h3-6,15-18H,1-2,7-12H2. The van der Waals surface area contributed by atoms with Gasteiger partial charge in [-0.05, 0) is 68.3 Å². The molecule has 98 valence electrons. The molecule has 0 saturated carbocycles. The maximum absolute atomic E-state index is 3.50. The zero-order chi connectivity index (χ0) is 12.2. The zero-order valence-electron chi connectivity index (χ0n) is 11.1. The average molecular weight is 244 g/mol. The van der Waals surface area contributed by atoms with Gasteiger partial charge in [0.25, 0.3) is 0 Å². The molecule has 3 rings (SSSR count). The van der Waals surface area contributed by atoms with E-state index in [1.54, 1.807) is 5.56 Å². The Labute approximate surface area is 110 Å². The Balaban J connectivity index is 1.67. The maximum Gasteiger partial charge on any atom is 0.00201 e. The fourth-order valence-electron chi connectivity index (χ4n) is 3.33. The lowest BCUT2D eigenvalue weighted by atomic mass is 9.87. The number of piperidine rings is 2. The molecule has 2 heteroatoms. The minimum atomic E-state index is 0.737. The normalized spacial score (nSPS) is 26.1. The summed E-state index contributed by atoms with van der Waals surface area (Å²) >= 11 is 0. The fraction of sp³-hybridized carbons (Fsp3) is 0.625. The van der Waals surface area contributed by atoms with Crippen molar-refractivity contribution >= 4 is 0 Å². The van der Waals surface area contributed by atoms with Gasteiger partial charge in [0.05, 0.1) is 0 Å². The molecule has 1 aromatic rings. The van der Waals surface area contributed by atoms with E-state index in [-0.39, 0.29) is 0 Å². The van der Waals surface area contributed by atoms with Gasteiger partial charge in [-0.25, -0.2) is 0 Å². The molecule has 18 heavy (non-hydrogen) atoms. The lowest BCUT2D eigenvalue weighted by Crippen LogP contribution is -2.28. The molecule has 2 nitrogen and oxygen atoms in total. The van der Waals surface area contributed by atoms with Gasteiger partial charge in [-0.3, -0.25) is 0 Å². The summed E-state index contributed by atoms with van der Waals surface area (Å²) in [4.78, 5) is 0. The smallest absolute Gasteiger partial charge is 0.00201 e. The summed E-state index contributed by atoms with van der Waals surface area (Å²) in [5.41, 5.74) is 3.07. The largest absolute Gasteiger partial charge is 0.317 e. The summed E-state index contributed by atoms with van der Waals surface area (Å²) in [7, 11) is 0. The second kappa shape index (κ2) is 5.85. The first-order chi connectivity index (χ1) is 8.93. The highest BCUT2D eigenvalue weighted by Crippen LogP contribution is 2.28. The summed E-state index contributed by atoms with van der Waals surface area (Å²) in [6, 6.07) is 9.49. The van der Waals surface area contributed by atoms with E-state index < -0.39 is 0 Å². The Bertz CT molecular complexity index is 322. The van der Waals surface area contributed by atoms with Gasteiger partial charge >= 0.3 is 0 Å². The second-order valence-electron chi connectivity index (χ2n) is 5.73. The van der Waals surface area contributed by atoms with Crippen LogP contribution < -0.4 is 10.6 Å². The van der Waals surface area contributed by atoms with E-state index in [0.717, 1.165) is 18.4 Å². The van der Waals surface area contributed by atoms with E-state index in [0.29, 0.717) is 0 Å². The highest BCUT2D eigenvalue weighted by Gasteiger charge is 2.17. The van der Waals surface area contributed by atoms with Crippen molar-refractivity contribution in [2.45, 2.75) is 37.5 Å². The number of hydrogen-bond donors (Lipinski definition) is 2. The highest BCUT2D eigenvalue weighted by atomic mass is 14.9. The van der Waals surface area contributed by atoms with Gasteiger partial charge in [-0.15, -0.1) is 0 Å². The molecule has 2 saturated heterocycles. The SMILES string of the molecule is c1cc(C2CCCNC2)ccc1C1CCNCC1. The van der Waals surface area contributed by atoms with E-state index in [1.807, 2.05) is 0 Å². The first-order valence-corrected chi connectivity index (χ1v) is 7.45. The van der Waals surface area contributed by atoms with Crippen molar-refractivity contribution in [2.75, 3.05) is 26.2 Å². The Kier molecular flexibility index (Phi) is 3.96. The molecule has 1 unspecified atom stereocenters. The van der Waals surface area contributed by atoms with E-state index in [4.69, 9.17) is 0 Å². The molecular formula is C16H24N2. The van der Waals surface area contributed by atoms with E-state index in [1.165, 1.54) is 50.9 Å². The van der Waals surface area contributed by atoms with Crippen molar-refractivity contribution in [1.29, 1.82) is 0 Å². The molecular weight excluding hydrogens is 220 g/mol. The van der Waals surface area contributed by atoms with Crippen LogP contribution in [0.4, 0.5) is 0 Å². The van der Waals surface area contributed by atoms with Crippen LogP contribution in [0.25, 0.3) is 0 Å². The summed E-state index contributed by atoms with van der Waals surface area (Å²) in [5.74, 6) is 1.52. The number of hydrogen-bond acceptors (Lipinski definition) is 2. The average Bonchev–Trinajstić information content (AvgIpc) is 2.49. The number of nitrogens with one attached hydrogen (secondary N) is 2. The van der Waals surface area contributed by atoms with Crippen LogP contribution in [-0.4, -0.2) is 26.2 Å². The van der Waals surface area contributed by atoms with Crippen molar-refractivity contribution in [3.05, 3.63) is 35.4 Å². The Morgan fingerprint density at radius 2 is 1.39 bits per heavy atom. The monoisotopic (exact) mass is 244 g/mol. The zero-order valence-corrected chi connectivity index (χ0v) is 11.1. The summed E-state index contributed by atoms with van der Waals surface area (Å²) in [6.07, 6.45) is 5.26. The molecule has 2 heterocycles. The van der Waals surface area contributed by atoms with E-state index >= 15 is 0 Å². The Morgan fingerprint density at radius 1 is 0.722 bits per heavy atom. The molecule has 2 aliphatic heterocycles.